The van der Waals surface area contributed by atoms with Crippen LogP contribution in [-0.4, -0.2) is 57.4 Å². The summed E-state index contributed by atoms with van der Waals surface area (Å²) in [5.41, 5.74) is 0.463. The zero-order chi connectivity index (χ0) is 16.5. The molecule has 0 saturated carbocycles. The number of hydrogen-bond donors (Lipinski definition) is 0. The SMILES string of the molecule is CCS(=O)(=O)N1CCN(S(=O)(=O)c2cc(F)ccc2C)CC1. The van der Waals surface area contributed by atoms with Crippen molar-refractivity contribution in [1.29, 1.82) is 0 Å². The Labute approximate surface area is 130 Å². The molecule has 1 fully saturated rings. The average Bonchev–Trinajstić information content (AvgIpc) is 2.49. The lowest BCUT2D eigenvalue weighted by molar-refractivity contribution is 0.273. The van der Waals surface area contributed by atoms with Gasteiger partial charge in [-0.2, -0.15) is 8.61 Å². The van der Waals surface area contributed by atoms with Gasteiger partial charge < -0.3 is 0 Å². The number of sulfonamides is 2. The van der Waals surface area contributed by atoms with Crippen LogP contribution in [0.15, 0.2) is 23.1 Å². The van der Waals surface area contributed by atoms with Gasteiger partial charge in [0.25, 0.3) is 0 Å². The molecule has 1 aromatic carbocycles. The summed E-state index contributed by atoms with van der Waals surface area (Å²) in [5, 5.41) is 0. The molecule has 22 heavy (non-hydrogen) atoms. The second kappa shape index (κ2) is 6.23. The molecule has 0 aliphatic carbocycles. The number of halogens is 1. The lowest BCUT2D eigenvalue weighted by atomic mass is 10.2. The molecule has 0 N–H and O–H groups in total. The van der Waals surface area contributed by atoms with Crippen molar-refractivity contribution in [3.63, 3.8) is 0 Å². The van der Waals surface area contributed by atoms with Crippen molar-refractivity contribution in [2.45, 2.75) is 18.7 Å². The predicted octanol–water partition coefficient (Wildman–Crippen LogP) is 0.790. The number of piperazine rings is 1. The van der Waals surface area contributed by atoms with Crippen molar-refractivity contribution >= 4 is 20.0 Å². The Morgan fingerprint density at radius 2 is 1.59 bits per heavy atom. The molecule has 1 aliphatic heterocycles. The molecular formula is C13H19FN2O4S2. The number of benzene rings is 1. The van der Waals surface area contributed by atoms with Crippen LogP contribution >= 0.6 is 0 Å². The summed E-state index contributed by atoms with van der Waals surface area (Å²) in [4.78, 5) is -0.0701. The quantitative estimate of drug-likeness (QED) is 0.805. The average molecular weight is 350 g/mol. The van der Waals surface area contributed by atoms with Crippen molar-refractivity contribution < 1.29 is 21.2 Å². The van der Waals surface area contributed by atoms with Crippen molar-refractivity contribution in [2.75, 3.05) is 31.9 Å². The van der Waals surface area contributed by atoms with E-state index in [1.54, 1.807) is 13.8 Å². The maximum Gasteiger partial charge on any atom is 0.243 e. The second-order valence-electron chi connectivity index (χ2n) is 5.11. The minimum Gasteiger partial charge on any atom is -0.212 e. The largest absolute Gasteiger partial charge is 0.243 e. The molecule has 9 heteroatoms. The van der Waals surface area contributed by atoms with Gasteiger partial charge in [0.15, 0.2) is 0 Å². The number of nitrogens with zero attached hydrogens (tertiary/aromatic N) is 2. The summed E-state index contributed by atoms with van der Waals surface area (Å²) in [6, 6.07) is 3.62. The molecule has 0 unspecified atom stereocenters. The van der Waals surface area contributed by atoms with Gasteiger partial charge >= 0.3 is 0 Å². The van der Waals surface area contributed by atoms with Crippen molar-refractivity contribution in [2.24, 2.45) is 0 Å². The minimum atomic E-state index is -3.82. The molecule has 1 heterocycles. The first kappa shape index (κ1) is 17.3. The van der Waals surface area contributed by atoms with E-state index in [0.29, 0.717) is 5.56 Å². The fourth-order valence-corrected chi connectivity index (χ4v) is 5.11. The van der Waals surface area contributed by atoms with E-state index >= 15 is 0 Å². The Hall–Kier alpha value is -1.03. The highest BCUT2D eigenvalue weighted by molar-refractivity contribution is 7.89. The topological polar surface area (TPSA) is 74.8 Å². The van der Waals surface area contributed by atoms with Crippen molar-refractivity contribution in [1.82, 2.24) is 8.61 Å². The van der Waals surface area contributed by atoms with E-state index in [1.165, 1.54) is 20.7 Å². The van der Waals surface area contributed by atoms with E-state index in [2.05, 4.69) is 0 Å². The van der Waals surface area contributed by atoms with Gasteiger partial charge in [0.1, 0.15) is 5.82 Å². The van der Waals surface area contributed by atoms with Gasteiger partial charge in [-0.1, -0.05) is 6.07 Å². The zero-order valence-corrected chi connectivity index (χ0v) is 14.1. The van der Waals surface area contributed by atoms with Gasteiger partial charge in [0, 0.05) is 26.2 Å². The molecule has 0 amide bonds. The van der Waals surface area contributed by atoms with E-state index < -0.39 is 25.9 Å². The summed E-state index contributed by atoms with van der Waals surface area (Å²) in [7, 11) is -7.14. The number of aryl methyl sites for hydroxylation is 1. The molecule has 0 radical (unpaired) electrons. The Balaban J connectivity index is 2.22. The van der Waals surface area contributed by atoms with Gasteiger partial charge in [0.2, 0.25) is 20.0 Å². The first-order valence-electron chi connectivity index (χ1n) is 6.92. The monoisotopic (exact) mass is 350 g/mol. The third kappa shape index (κ3) is 3.32. The van der Waals surface area contributed by atoms with Crippen LogP contribution in [0.2, 0.25) is 0 Å². The first-order chi connectivity index (χ1) is 10.2. The molecule has 1 saturated heterocycles. The van der Waals surface area contributed by atoms with E-state index in [4.69, 9.17) is 0 Å². The molecule has 0 spiro atoms. The van der Waals surface area contributed by atoms with Gasteiger partial charge in [0.05, 0.1) is 10.6 Å². The highest BCUT2D eigenvalue weighted by atomic mass is 32.2. The third-order valence-corrected chi connectivity index (χ3v) is 7.65. The number of rotatable bonds is 4. The highest BCUT2D eigenvalue weighted by Gasteiger charge is 2.33. The van der Waals surface area contributed by atoms with Crippen LogP contribution < -0.4 is 0 Å². The summed E-state index contributed by atoms with van der Waals surface area (Å²) in [6.45, 7) is 3.52. The molecule has 2 rings (SSSR count). The molecule has 0 aromatic heterocycles. The lowest BCUT2D eigenvalue weighted by Gasteiger charge is -2.33. The van der Waals surface area contributed by atoms with Crippen LogP contribution in [0.1, 0.15) is 12.5 Å². The summed E-state index contributed by atoms with van der Waals surface area (Å²) >= 11 is 0. The lowest BCUT2D eigenvalue weighted by Crippen LogP contribution is -2.50. The third-order valence-electron chi connectivity index (χ3n) is 3.72. The first-order valence-corrected chi connectivity index (χ1v) is 9.97. The van der Waals surface area contributed by atoms with Crippen LogP contribution in [0.4, 0.5) is 4.39 Å². The van der Waals surface area contributed by atoms with Crippen LogP contribution in [-0.2, 0) is 20.0 Å². The van der Waals surface area contributed by atoms with Crippen molar-refractivity contribution in [3.05, 3.63) is 29.6 Å². The van der Waals surface area contributed by atoms with Gasteiger partial charge in [-0.25, -0.2) is 21.2 Å². The van der Waals surface area contributed by atoms with E-state index in [-0.39, 0.29) is 36.8 Å². The van der Waals surface area contributed by atoms with E-state index in [9.17, 15) is 21.2 Å². The smallest absolute Gasteiger partial charge is 0.212 e. The summed E-state index contributed by atoms with van der Waals surface area (Å²) in [6.07, 6.45) is 0. The normalized spacial score (nSPS) is 18.5. The van der Waals surface area contributed by atoms with Gasteiger partial charge in [-0.15, -0.1) is 0 Å². The van der Waals surface area contributed by atoms with Crippen molar-refractivity contribution in [3.8, 4) is 0 Å². The Morgan fingerprint density at radius 3 is 2.14 bits per heavy atom. The molecule has 1 aromatic rings. The maximum absolute atomic E-state index is 13.3. The molecular weight excluding hydrogens is 331 g/mol. The van der Waals surface area contributed by atoms with E-state index in [0.717, 1.165) is 6.07 Å². The van der Waals surface area contributed by atoms with Crippen LogP contribution in [0.25, 0.3) is 0 Å². The fraction of sp³-hybridized carbons (Fsp3) is 0.538. The summed E-state index contributed by atoms with van der Waals surface area (Å²) < 4.78 is 64.6. The molecule has 0 atom stereocenters. The molecule has 124 valence electrons. The highest BCUT2D eigenvalue weighted by Crippen LogP contribution is 2.22. The maximum atomic E-state index is 13.3. The molecule has 6 nitrogen and oxygen atoms in total. The van der Waals surface area contributed by atoms with Crippen LogP contribution in [0, 0.1) is 12.7 Å². The van der Waals surface area contributed by atoms with Crippen LogP contribution in [0.5, 0.6) is 0 Å². The van der Waals surface area contributed by atoms with Crippen LogP contribution in [0.3, 0.4) is 0 Å². The standard InChI is InChI=1S/C13H19FN2O4S2/c1-3-21(17,18)15-6-8-16(9-7-15)22(19,20)13-10-12(14)5-4-11(13)2/h4-5,10H,3,6-9H2,1-2H3. The van der Waals surface area contributed by atoms with Gasteiger partial charge in [-0.05, 0) is 31.5 Å². The second-order valence-corrected chi connectivity index (χ2v) is 9.28. The summed E-state index contributed by atoms with van der Waals surface area (Å²) in [5.74, 6) is -0.626. The Morgan fingerprint density at radius 1 is 1.05 bits per heavy atom. The van der Waals surface area contributed by atoms with Gasteiger partial charge in [-0.3, -0.25) is 0 Å². The fourth-order valence-electron chi connectivity index (χ4n) is 2.36. The zero-order valence-electron chi connectivity index (χ0n) is 12.5. The van der Waals surface area contributed by atoms with E-state index in [1.807, 2.05) is 0 Å². The Bertz CT molecular complexity index is 754. The Kier molecular flexibility index (Phi) is 4.90. The number of hydrogen-bond acceptors (Lipinski definition) is 4. The molecule has 1 aliphatic rings. The molecule has 0 bridgehead atoms. The minimum absolute atomic E-state index is 0.0112. The predicted molar refractivity (Wildman–Crippen MR) is 80.9 cm³/mol.